The van der Waals surface area contributed by atoms with E-state index < -0.39 is 50.7 Å². The Morgan fingerprint density at radius 1 is 1.13 bits per heavy atom. The molecule has 1 unspecified atom stereocenters. The molecule has 2 fully saturated rings. The van der Waals surface area contributed by atoms with Crippen LogP contribution in [-0.4, -0.2) is 51.8 Å². The van der Waals surface area contributed by atoms with Crippen LogP contribution in [0.25, 0.3) is 11.3 Å². The molecule has 5 rings (SSSR count). The predicted octanol–water partition coefficient (Wildman–Crippen LogP) is 3.89. The number of rotatable bonds is 6. The van der Waals surface area contributed by atoms with Gasteiger partial charge in [-0.15, -0.1) is 0 Å². The van der Waals surface area contributed by atoms with E-state index in [0.717, 1.165) is 40.8 Å². The highest BCUT2D eigenvalue weighted by Crippen LogP contribution is 2.65. The summed E-state index contributed by atoms with van der Waals surface area (Å²) in [4.78, 5) is 24.5. The Labute approximate surface area is 220 Å². The van der Waals surface area contributed by atoms with Gasteiger partial charge in [0.1, 0.15) is 29.5 Å². The van der Waals surface area contributed by atoms with Crippen molar-refractivity contribution < 1.29 is 35.2 Å². The number of sulfonamides is 1. The molecule has 2 aromatic heterocycles. The van der Waals surface area contributed by atoms with Crippen LogP contribution in [0.5, 0.6) is 0 Å². The van der Waals surface area contributed by atoms with E-state index in [4.69, 9.17) is 0 Å². The lowest BCUT2D eigenvalue weighted by atomic mass is 9.99. The molecular formula is C25H22F5N5O3S. The average molecular weight is 568 g/mol. The van der Waals surface area contributed by atoms with Gasteiger partial charge < -0.3 is 5.32 Å². The second-order valence-electron chi connectivity index (χ2n) is 9.92. The molecule has 3 aromatic rings. The number of pyridine rings is 1. The summed E-state index contributed by atoms with van der Waals surface area (Å²) < 4.78 is 94.3. The Bertz CT molecular complexity index is 1510. The third kappa shape index (κ3) is 5.10. The summed E-state index contributed by atoms with van der Waals surface area (Å²) in [5.74, 6) is -1.30. The number of nitrogens with zero attached hydrogens (tertiary/aromatic N) is 4. The maximum absolute atomic E-state index is 14.9. The Morgan fingerprint density at radius 2 is 1.82 bits per heavy atom. The summed E-state index contributed by atoms with van der Waals surface area (Å²) in [7, 11) is -4.24. The van der Waals surface area contributed by atoms with Crippen molar-refractivity contribution in [2.45, 2.75) is 49.1 Å². The van der Waals surface area contributed by atoms with Gasteiger partial charge in [-0.25, -0.2) is 27.2 Å². The van der Waals surface area contributed by atoms with E-state index in [-0.39, 0.29) is 36.5 Å². The number of amides is 1. The fourth-order valence-electron chi connectivity index (χ4n) is 4.92. The van der Waals surface area contributed by atoms with Crippen LogP contribution in [0.2, 0.25) is 0 Å². The number of nitrogens with one attached hydrogen (secondary N) is 1. The standard InChI is InChI=1S/C25H22F5N5O3S/c1-23(27)12-24(23)9-20(35(13-24)39(37,38)18-5-3-16(26)4-6-18)22(36)32-11-17-8-19(34-14-33-17)15-2-7-21(31-10-15)25(28,29)30/h2-8,10,14,20H,9,11-13H2,1H3,(H,32,36)/t20-,23?,24+/m0/s1. The van der Waals surface area contributed by atoms with E-state index in [2.05, 4.69) is 20.3 Å². The first kappa shape index (κ1) is 27.1. The van der Waals surface area contributed by atoms with Crippen molar-refractivity contribution in [2.24, 2.45) is 5.41 Å². The Kier molecular flexibility index (Phi) is 6.45. The zero-order valence-electron chi connectivity index (χ0n) is 20.4. The average Bonchev–Trinajstić information content (AvgIpc) is 3.20. The van der Waals surface area contributed by atoms with Gasteiger partial charge in [0.15, 0.2) is 0 Å². The van der Waals surface area contributed by atoms with Crippen LogP contribution in [0.15, 0.2) is 59.9 Å². The van der Waals surface area contributed by atoms with Crippen LogP contribution in [0.3, 0.4) is 0 Å². The van der Waals surface area contributed by atoms with Gasteiger partial charge in [0.05, 0.1) is 22.8 Å². The molecule has 206 valence electrons. The summed E-state index contributed by atoms with van der Waals surface area (Å²) >= 11 is 0. The summed E-state index contributed by atoms with van der Waals surface area (Å²) in [6.45, 7) is 1.02. The molecule has 39 heavy (non-hydrogen) atoms. The number of benzene rings is 1. The van der Waals surface area contributed by atoms with E-state index >= 15 is 0 Å². The van der Waals surface area contributed by atoms with E-state index in [1.165, 1.54) is 25.4 Å². The molecule has 1 saturated heterocycles. The number of alkyl halides is 4. The number of hydrogen-bond acceptors (Lipinski definition) is 6. The molecule has 8 nitrogen and oxygen atoms in total. The molecule has 0 bridgehead atoms. The second-order valence-corrected chi connectivity index (χ2v) is 11.8. The molecule has 1 amide bonds. The SMILES string of the molecule is CC1(F)C[C@@]12C[C@@H](C(=O)NCc1cc(-c3ccc(C(F)(F)F)nc3)ncn1)N(S(=O)(=O)c1ccc(F)cc1)C2. The molecule has 1 saturated carbocycles. The minimum atomic E-state index is -4.59. The molecule has 2 aliphatic rings. The number of carbonyl (C=O) groups excluding carboxylic acids is 1. The van der Waals surface area contributed by atoms with Crippen molar-refractivity contribution in [1.82, 2.24) is 24.6 Å². The number of aromatic nitrogens is 3. The lowest BCUT2D eigenvalue weighted by Gasteiger charge is -2.23. The predicted molar refractivity (Wildman–Crippen MR) is 127 cm³/mol. The van der Waals surface area contributed by atoms with Crippen molar-refractivity contribution >= 4 is 15.9 Å². The minimum absolute atomic E-state index is 0.0293. The fraction of sp³-hybridized carbons (Fsp3) is 0.360. The highest BCUT2D eigenvalue weighted by Gasteiger charge is 2.71. The zero-order valence-corrected chi connectivity index (χ0v) is 21.2. The third-order valence-corrected chi connectivity index (χ3v) is 9.15. The second kappa shape index (κ2) is 9.30. The van der Waals surface area contributed by atoms with Crippen molar-refractivity contribution in [3.05, 3.63) is 72.2 Å². The van der Waals surface area contributed by atoms with E-state index in [0.29, 0.717) is 11.3 Å². The van der Waals surface area contributed by atoms with Gasteiger partial charge in [0.25, 0.3) is 0 Å². The zero-order chi connectivity index (χ0) is 28.2. The minimum Gasteiger partial charge on any atom is -0.349 e. The molecule has 3 heterocycles. The van der Waals surface area contributed by atoms with Crippen LogP contribution < -0.4 is 5.32 Å². The monoisotopic (exact) mass is 567 g/mol. The largest absolute Gasteiger partial charge is 0.433 e. The summed E-state index contributed by atoms with van der Waals surface area (Å²) in [6, 6.07) is 6.43. The summed E-state index contributed by atoms with van der Waals surface area (Å²) in [6.07, 6.45) is -2.32. The normalized spacial score (nSPS) is 25.1. The van der Waals surface area contributed by atoms with Crippen molar-refractivity contribution in [3.8, 4) is 11.3 Å². The van der Waals surface area contributed by atoms with Crippen LogP contribution in [0, 0.1) is 11.2 Å². The van der Waals surface area contributed by atoms with Crippen molar-refractivity contribution in [3.63, 3.8) is 0 Å². The highest BCUT2D eigenvalue weighted by atomic mass is 32.2. The van der Waals surface area contributed by atoms with E-state index in [1.807, 2.05) is 0 Å². The van der Waals surface area contributed by atoms with Crippen molar-refractivity contribution in [1.29, 1.82) is 0 Å². The van der Waals surface area contributed by atoms with E-state index in [1.54, 1.807) is 0 Å². The topological polar surface area (TPSA) is 105 Å². The van der Waals surface area contributed by atoms with Crippen LogP contribution >= 0.6 is 0 Å². The van der Waals surface area contributed by atoms with Gasteiger partial charge in [-0.2, -0.15) is 17.5 Å². The smallest absolute Gasteiger partial charge is 0.349 e. The lowest BCUT2D eigenvalue weighted by Crippen LogP contribution is -2.45. The third-order valence-electron chi connectivity index (χ3n) is 7.28. The first-order chi connectivity index (χ1) is 18.2. The number of halogens is 5. The molecular weight excluding hydrogens is 545 g/mol. The molecule has 3 atom stereocenters. The van der Waals surface area contributed by atoms with Gasteiger partial charge >= 0.3 is 6.18 Å². The van der Waals surface area contributed by atoms with Gasteiger partial charge in [-0.05, 0) is 62.2 Å². The molecule has 1 aliphatic carbocycles. The summed E-state index contributed by atoms with van der Waals surface area (Å²) in [5, 5.41) is 2.62. The molecule has 1 N–H and O–H groups in total. The Morgan fingerprint density at radius 3 is 2.41 bits per heavy atom. The van der Waals surface area contributed by atoms with Crippen molar-refractivity contribution in [2.75, 3.05) is 6.54 Å². The maximum atomic E-state index is 14.9. The highest BCUT2D eigenvalue weighted by molar-refractivity contribution is 7.89. The van der Waals surface area contributed by atoms with Gasteiger partial charge in [-0.3, -0.25) is 9.78 Å². The fourth-order valence-corrected chi connectivity index (χ4v) is 6.59. The molecule has 0 radical (unpaired) electrons. The molecule has 1 aliphatic heterocycles. The lowest BCUT2D eigenvalue weighted by molar-refractivity contribution is -0.141. The first-order valence-corrected chi connectivity index (χ1v) is 13.2. The summed E-state index contributed by atoms with van der Waals surface area (Å²) in [5.41, 5.74) is -2.82. The number of carbonyl (C=O) groups is 1. The first-order valence-electron chi connectivity index (χ1n) is 11.8. The molecule has 1 spiro atoms. The Hall–Kier alpha value is -3.52. The van der Waals surface area contributed by atoms with E-state index in [9.17, 15) is 35.2 Å². The van der Waals surface area contributed by atoms with Crippen LogP contribution in [0.4, 0.5) is 22.0 Å². The Balaban J connectivity index is 1.33. The maximum Gasteiger partial charge on any atom is 0.433 e. The number of hydrogen-bond donors (Lipinski definition) is 1. The van der Waals surface area contributed by atoms with Gasteiger partial charge in [0, 0.05) is 23.7 Å². The molecule has 14 heteroatoms. The van der Waals surface area contributed by atoms with Gasteiger partial charge in [-0.1, -0.05) is 0 Å². The van der Waals surface area contributed by atoms with Gasteiger partial charge in [0.2, 0.25) is 15.9 Å². The quantitative estimate of drug-likeness (QED) is 0.454. The van der Waals surface area contributed by atoms with Crippen LogP contribution in [-0.2, 0) is 27.5 Å². The van der Waals surface area contributed by atoms with Crippen LogP contribution in [0.1, 0.15) is 31.2 Å². The molecule has 1 aromatic carbocycles.